The summed E-state index contributed by atoms with van der Waals surface area (Å²) in [5.41, 5.74) is 10.3. The summed E-state index contributed by atoms with van der Waals surface area (Å²) in [6.45, 7) is 0. The molecule has 10 nitrogen and oxygen atoms in total. The molecule has 1 amide bonds. The van der Waals surface area contributed by atoms with Crippen molar-refractivity contribution in [3.8, 4) is 0 Å². The molecular weight excluding hydrogens is 230 g/mol. The lowest BCUT2D eigenvalue weighted by molar-refractivity contribution is -0.119. The number of rotatable bonds is 0. The molecule has 1 atom stereocenters. The standard InChI is InChI=1S/C4H7N5O.H2O4S/c5-1-2(6)8-4(7)9-3(1)10;1-5(2,3)4/h1H,5H2,(H4,6,7,8,9,10);(H2,1,2,3,4). The van der Waals surface area contributed by atoms with Gasteiger partial charge in [-0.15, -0.1) is 0 Å². The molecular formula is C4H9N5O5S. The highest BCUT2D eigenvalue weighted by Crippen LogP contribution is 1.90. The summed E-state index contributed by atoms with van der Waals surface area (Å²) < 4.78 is 31.6. The Morgan fingerprint density at radius 2 is 1.87 bits per heavy atom. The largest absolute Gasteiger partial charge is 0.394 e. The van der Waals surface area contributed by atoms with Gasteiger partial charge in [-0.25, -0.2) is 0 Å². The number of guanidine groups is 1. The monoisotopic (exact) mass is 239 g/mol. The Balaban J connectivity index is 0.000000336. The van der Waals surface area contributed by atoms with Crippen LogP contribution in [0, 0.1) is 5.41 Å². The number of hydrogen-bond donors (Lipinski definition) is 6. The van der Waals surface area contributed by atoms with Crippen LogP contribution < -0.4 is 16.8 Å². The van der Waals surface area contributed by atoms with E-state index in [0.29, 0.717) is 0 Å². The second-order valence-electron chi connectivity index (χ2n) is 2.30. The number of carbonyl (C=O) groups excluding carboxylic acids is 1. The molecule has 1 heterocycles. The summed E-state index contributed by atoms with van der Waals surface area (Å²) in [6.07, 6.45) is 0. The minimum Gasteiger partial charge on any atom is -0.369 e. The molecule has 0 aromatic carbocycles. The molecule has 0 saturated carbocycles. The number of hydrogen-bond acceptors (Lipinski definition) is 6. The molecule has 0 radical (unpaired) electrons. The van der Waals surface area contributed by atoms with Crippen LogP contribution >= 0.6 is 0 Å². The topological polar surface area (TPSA) is 192 Å². The molecule has 1 aliphatic rings. The summed E-state index contributed by atoms with van der Waals surface area (Å²) >= 11 is 0. The minimum atomic E-state index is -4.67. The van der Waals surface area contributed by atoms with E-state index in [1.165, 1.54) is 0 Å². The lowest BCUT2D eigenvalue weighted by Crippen LogP contribution is -2.54. The van der Waals surface area contributed by atoms with Gasteiger partial charge in [0.25, 0.3) is 5.91 Å². The van der Waals surface area contributed by atoms with Crippen molar-refractivity contribution in [1.29, 1.82) is 5.41 Å². The lowest BCUT2D eigenvalue weighted by Gasteiger charge is -2.15. The lowest BCUT2D eigenvalue weighted by atomic mass is 10.2. The first-order valence-corrected chi connectivity index (χ1v) is 4.70. The molecule has 8 N–H and O–H groups in total. The maximum Gasteiger partial charge on any atom is 0.394 e. The van der Waals surface area contributed by atoms with Crippen LogP contribution in [-0.2, 0) is 15.2 Å². The Morgan fingerprint density at radius 3 is 2.20 bits per heavy atom. The molecule has 86 valence electrons. The third-order valence-electron chi connectivity index (χ3n) is 1.07. The minimum absolute atomic E-state index is 0.0725. The Morgan fingerprint density at radius 1 is 1.47 bits per heavy atom. The fourth-order valence-electron chi connectivity index (χ4n) is 0.555. The molecule has 1 rings (SSSR count). The predicted octanol–water partition coefficient (Wildman–Crippen LogP) is -2.92. The maximum absolute atomic E-state index is 10.7. The highest BCUT2D eigenvalue weighted by atomic mass is 32.3. The van der Waals surface area contributed by atoms with Crippen LogP contribution in [0.25, 0.3) is 0 Å². The number of nitrogens with one attached hydrogen (secondary N) is 2. The maximum atomic E-state index is 10.7. The Kier molecular flexibility index (Phi) is 4.29. The van der Waals surface area contributed by atoms with Gasteiger partial charge in [-0.2, -0.15) is 13.4 Å². The number of nitrogens with zero attached hydrogens (tertiary/aromatic N) is 1. The van der Waals surface area contributed by atoms with Gasteiger partial charge in [0.15, 0.2) is 5.84 Å². The van der Waals surface area contributed by atoms with Gasteiger partial charge in [-0.05, 0) is 0 Å². The number of carbonyl (C=O) groups is 1. The van der Waals surface area contributed by atoms with E-state index in [-0.39, 0.29) is 11.8 Å². The van der Waals surface area contributed by atoms with Crippen molar-refractivity contribution in [2.75, 3.05) is 0 Å². The Labute approximate surface area is 84.4 Å². The van der Waals surface area contributed by atoms with E-state index in [1.54, 1.807) is 0 Å². The fourth-order valence-corrected chi connectivity index (χ4v) is 0.555. The Bertz CT molecular complexity index is 392. The third kappa shape index (κ3) is 6.50. The highest BCUT2D eigenvalue weighted by molar-refractivity contribution is 7.79. The van der Waals surface area contributed by atoms with Gasteiger partial charge in [0, 0.05) is 0 Å². The normalized spacial score (nSPS) is 21.0. The van der Waals surface area contributed by atoms with Crippen LogP contribution in [0.4, 0.5) is 0 Å². The quantitative estimate of drug-likeness (QED) is 0.244. The molecule has 0 aromatic heterocycles. The van der Waals surface area contributed by atoms with Crippen molar-refractivity contribution in [3.63, 3.8) is 0 Å². The smallest absolute Gasteiger partial charge is 0.369 e. The second kappa shape index (κ2) is 4.79. The fraction of sp³-hybridized carbons (Fsp3) is 0.250. The van der Waals surface area contributed by atoms with Crippen molar-refractivity contribution < 1.29 is 22.3 Å². The van der Waals surface area contributed by atoms with Gasteiger partial charge < -0.3 is 11.5 Å². The molecule has 0 saturated heterocycles. The first kappa shape index (κ1) is 13.4. The number of amides is 1. The van der Waals surface area contributed by atoms with Crippen LogP contribution in [0.1, 0.15) is 0 Å². The van der Waals surface area contributed by atoms with Gasteiger partial charge in [0.05, 0.1) is 0 Å². The number of aliphatic imine (C=N–C) groups is 1. The van der Waals surface area contributed by atoms with Crippen LogP contribution in [-0.4, -0.2) is 41.3 Å². The zero-order valence-corrected chi connectivity index (χ0v) is 8.02. The van der Waals surface area contributed by atoms with Crippen LogP contribution in [0.3, 0.4) is 0 Å². The van der Waals surface area contributed by atoms with Gasteiger partial charge in [-0.1, -0.05) is 0 Å². The summed E-state index contributed by atoms with van der Waals surface area (Å²) in [5, 5.41) is 9.18. The zero-order chi connectivity index (χ0) is 12.2. The summed E-state index contributed by atoms with van der Waals surface area (Å²) in [5.74, 6) is -0.768. The van der Waals surface area contributed by atoms with Crippen LogP contribution in [0.5, 0.6) is 0 Å². The predicted molar refractivity (Wildman–Crippen MR) is 49.6 cm³/mol. The van der Waals surface area contributed by atoms with Crippen molar-refractivity contribution in [2.45, 2.75) is 6.04 Å². The molecule has 0 aromatic rings. The van der Waals surface area contributed by atoms with Crippen LogP contribution in [0.15, 0.2) is 4.99 Å². The van der Waals surface area contributed by atoms with E-state index in [1.807, 2.05) is 0 Å². The van der Waals surface area contributed by atoms with Gasteiger partial charge in [0.2, 0.25) is 5.96 Å². The van der Waals surface area contributed by atoms with Gasteiger partial charge >= 0.3 is 10.4 Å². The van der Waals surface area contributed by atoms with Crippen molar-refractivity contribution >= 4 is 28.1 Å². The number of amidine groups is 1. The molecule has 0 bridgehead atoms. The average Bonchev–Trinajstić information content (AvgIpc) is 1.96. The van der Waals surface area contributed by atoms with E-state index >= 15 is 0 Å². The molecule has 0 fully saturated rings. The van der Waals surface area contributed by atoms with Gasteiger partial charge in [-0.3, -0.25) is 24.6 Å². The third-order valence-corrected chi connectivity index (χ3v) is 1.07. The first-order chi connectivity index (χ1) is 6.61. The average molecular weight is 239 g/mol. The molecule has 1 unspecified atom stereocenters. The van der Waals surface area contributed by atoms with Crippen molar-refractivity contribution in [2.24, 2.45) is 16.5 Å². The van der Waals surface area contributed by atoms with Crippen LogP contribution in [0.2, 0.25) is 0 Å². The number of nitrogens with two attached hydrogens (primary N) is 2. The van der Waals surface area contributed by atoms with E-state index in [0.717, 1.165) is 0 Å². The van der Waals surface area contributed by atoms with E-state index in [4.69, 9.17) is 34.4 Å². The molecule has 11 heteroatoms. The summed E-state index contributed by atoms with van der Waals surface area (Å²) in [7, 11) is -4.67. The molecule has 0 spiro atoms. The molecule has 0 aliphatic carbocycles. The highest BCUT2D eigenvalue weighted by Gasteiger charge is 2.23. The SMILES string of the molecule is N=C1N=C(N)NC(=O)C1N.O=S(=O)(O)O. The first-order valence-electron chi connectivity index (χ1n) is 3.30. The summed E-state index contributed by atoms with van der Waals surface area (Å²) in [4.78, 5) is 14.1. The van der Waals surface area contributed by atoms with E-state index in [2.05, 4.69) is 10.3 Å². The summed E-state index contributed by atoms with van der Waals surface area (Å²) in [6, 6.07) is -0.979. The molecule has 1 aliphatic heterocycles. The van der Waals surface area contributed by atoms with Crippen molar-refractivity contribution in [1.82, 2.24) is 5.32 Å². The van der Waals surface area contributed by atoms with Crippen molar-refractivity contribution in [3.05, 3.63) is 0 Å². The Hall–Kier alpha value is -1.56. The van der Waals surface area contributed by atoms with E-state index < -0.39 is 22.3 Å². The zero-order valence-electron chi connectivity index (χ0n) is 7.21. The van der Waals surface area contributed by atoms with E-state index in [9.17, 15) is 4.79 Å². The van der Waals surface area contributed by atoms with Gasteiger partial charge in [0.1, 0.15) is 6.04 Å². The second-order valence-corrected chi connectivity index (χ2v) is 3.19. The molecule has 15 heavy (non-hydrogen) atoms.